The number of carbonyl (C=O) groups excluding carboxylic acids is 4. The quantitative estimate of drug-likeness (QED) is 0.0539. The van der Waals surface area contributed by atoms with E-state index in [0.717, 1.165) is 11.3 Å². The molecular weight excluding hydrogens is 1080 g/mol. The predicted molar refractivity (Wildman–Crippen MR) is 305 cm³/mol. The van der Waals surface area contributed by atoms with Crippen molar-refractivity contribution in [2.45, 2.75) is 89.4 Å². The number of rotatable bonds is 17. The second-order valence-electron chi connectivity index (χ2n) is 21.3. The van der Waals surface area contributed by atoms with Crippen LogP contribution < -0.4 is 25.8 Å². The molecule has 3 aliphatic rings. The number of benzene rings is 5. The third kappa shape index (κ3) is 11.9. The van der Waals surface area contributed by atoms with Crippen LogP contribution in [0.3, 0.4) is 0 Å². The molecule has 0 saturated carbocycles. The Morgan fingerprint density at radius 1 is 0.602 bits per heavy atom. The Balaban J connectivity index is 0.969. The highest BCUT2D eigenvalue weighted by atomic mass is 19.1. The minimum atomic E-state index is -1.07. The normalized spacial score (nSPS) is 17.9. The number of nitrogens with zero attached hydrogens (tertiary/aromatic N) is 6. The highest BCUT2D eigenvalue weighted by Gasteiger charge is 2.41. The Kier molecular flexibility index (Phi) is 17.1. The number of halogens is 4. The number of hydrogen-bond acceptors (Lipinski definition) is 13. The smallest absolute Gasteiger partial charge is 0.407 e. The number of ether oxygens (including phenoxy) is 4. The van der Waals surface area contributed by atoms with Gasteiger partial charge in [-0.3, -0.25) is 9.59 Å². The first-order chi connectivity index (χ1) is 40.0. The first-order valence-corrected chi connectivity index (χ1v) is 27.6. The fourth-order valence-electron chi connectivity index (χ4n) is 11.5. The molecule has 5 N–H and O–H groups in total. The number of piperazine rings is 1. The predicted octanol–water partition coefficient (Wildman–Crippen LogP) is 9.42. The summed E-state index contributed by atoms with van der Waals surface area (Å²) in [7, 11) is 5.26. The summed E-state index contributed by atoms with van der Waals surface area (Å²) in [4.78, 5) is 75.8. The second-order valence-corrected chi connectivity index (χ2v) is 21.3. The van der Waals surface area contributed by atoms with Gasteiger partial charge in [-0.15, -0.1) is 0 Å². The number of hydrogen-bond donors (Lipinski definition) is 5. The van der Waals surface area contributed by atoms with Crippen molar-refractivity contribution in [1.82, 2.24) is 40.4 Å². The minimum absolute atomic E-state index is 0.102. The van der Waals surface area contributed by atoms with Gasteiger partial charge in [-0.05, 0) is 106 Å². The molecule has 23 heteroatoms. The van der Waals surface area contributed by atoms with Crippen LogP contribution in [0.25, 0.3) is 44.3 Å². The van der Waals surface area contributed by atoms with Gasteiger partial charge in [0.1, 0.15) is 41.1 Å². The van der Waals surface area contributed by atoms with Crippen LogP contribution in [0.1, 0.15) is 74.4 Å². The highest BCUT2D eigenvalue weighted by Crippen LogP contribution is 2.39. The lowest BCUT2D eigenvalue weighted by molar-refractivity contribution is -0.138. The number of nitrogens with one attached hydrogen (secondary N) is 5. The monoisotopic (exact) mass is 1150 g/mol. The third-order valence-corrected chi connectivity index (χ3v) is 16.2. The van der Waals surface area contributed by atoms with Gasteiger partial charge in [0.15, 0.2) is 11.6 Å². The van der Waals surface area contributed by atoms with Crippen molar-refractivity contribution < 1.29 is 55.7 Å². The van der Waals surface area contributed by atoms with E-state index in [1.54, 1.807) is 58.9 Å². The van der Waals surface area contributed by atoms with E-state index in [0.29, 0.717) is 115 Å². The number of alkyl carbamates (subject to hydrolysis) is 2. The zero-order chi connectivity index (χ0) is 58.8. The Bertz CT molecular complexity index is 3530. The van der Waals surface area contributed by atoms with Crippen LogP contribution in [0, 0.1) is 30.2 Å². The zero-order valence-corrected chi connectivity index (χ0v) is 47.2. The molecule has 0 radical (unpaired) electrons. The second kappa shape index (κ2) is 24.6. The maximum Gasteiger partial charge on any atom is 0.407 e. The first kappa shape index (κ1) is 57.8. The topological polar surface area (TPSA) is 212 Å². The van der Waals surface area contributed by atoms with Crippen molar-refractivity contribution >= 4 is 63.1 Å². The molecule has 10 rings (SSSR count). The molecule has 0 aliphatic carbocycles. The molecule has 7 aromatic rings. The fraction of sp³-hybridized carbons (Fsp3) is 0.400. The summed E-state index contributed by atoms with van der Waals surface area (Å²) in [6, 6.07) is 18.1. The van der Waals surface area contributed by atoms with Crippen molar-refractivity contribution in [2.24, 2.45) is 0 Å². The largest absolute Gasteiger partial charge is 0.453 e. The summed E-state index contributed by atoms with van der Waals surface area (Å²) >= 11 is 0. The van der Waals surface area contributed by atoms with Gasteiger partial charge in [0, 0.05) is 94.7 Å². The Morgan fingerprint density at radius 2 is 1.10 bits per heavy atom. The van der Waals surface area contributed by atoms with E-state index >= 15 is 17.6 Å². The number of aryl methyl sites for hydroxylation is 1. The van der Waals surface area contributed by atoms with Gasteiger partial charge in [-0.1, -0.05) is 29.8 Å². The van der Waals surface area contributed by atoms with Crippen molar-refractivity contribution in [2.75, 3.05) is 82.8 Å². The van der Waals surface area contributed by atoms with E-state index in [2.05, 4.69) is 30.8 Å². The zero-order valence-electron chi connectivity index (χ0n) is 47.2. The Morgan fingerprint density at radius 3 is 1.60 bits per heavy atom. The number of anilines is 3. The number of aromatic amines is 2. The van der Waals surface area contributed by atoms with Crippen molar-refractivity contribution in [3.8, 4) is 22.3 Å². The van der Waals surface area contributed by atoms with Crippen molar-refractivity contribution in [3.05, 3.63) is 125 Å². The van der Waals surface area contributed by atoms with Gasteiger partial charge < -0.3 is 64.5 Å². The van der Waals surface area contributed by atoms with E-state index in [1.807, 2.05) is 31.2 Å². The van der Waals surface area contributed by atoms with E-state index in [4.69, 9.17) is 28.9 Å². The average Bonchev–Trinajstić information content (AvgIpc) is 3.93. The van der Waals surface area contributed by atoms with Crippen molar-refractivity contribution in [1.29, 1.82) is 0 Å². The number of imidazole rings is 2. The van der Waals surface area contributed by atoms with E-state index in [1.165, 1.54) is 52.7 Å². The summed E-state index contributed by atoms with van der Waals surface area (Å²) in [6.45, 7) is 7.88. The van der Waals surface area contributed by atoms with E-state index in [-0.39, 0.29) is 29.0 Å². The van der Waals surface area contributed by atoms with Gasteiger partial charge in [-0.25, -0.2) is 37.1 Å². The summed E-state index contributed by atoms with van der Waals surface area (Å²) in [5.74, 6) is -2.76. The van der Waals surface area contributed by atoms with Crippen LogP contribution in [-0.2, 0) is 35.1 Å². The molecule has 0 spiro atoms. The highest BCUT2D eigenvalue weighted by molar-refractivity contribution is 5.89. The molecule has 0 bridgehead atoms. The van der Waals surface area contributed by atoms with Gasteiger partial charge in [0.25, 0.3) is 0 Å². The maximum atomic E-state index is 16.8. The molecule has 6 atom stereocenters. The van der Waals surface area contributed by atoms with E-state index < -0.39 is 83.6 Å². The van der Waals surface area contributed by atoms with Gasteiger partial charge >= 0.3 is 12.2 Å². The number of H-pyrrole nitrogens is 2. The molecule has 2 aromatic heterocycles. The van der Waals surface area contributed by atoms with Crippen molar-refractivity contribution in [3.63, 3.8) is 0 Å². The number of fused-ring (bicyclic) bond motifs is 2. The molecular formula is C60H67F4N11O8. The number of amides is 4. The molecule has 5 heterocycles. The molecule has 438 valence electrons. The van der Waals surface area contributed by atoms with Crippen LogP contribution in [0.4, 0.5) is 44.2 Å². The SMILES string of the molecule is COC(=O)N[C@H](C(=O)N1CCC[C@H]1c1nc2cc(-c3ccc(-c4cc5nc([C@@H]6CCCN6C(=O)[C@@H](NC(=O)OC)C(C)OC)[nH]c5cc4F)c(CNc4cc(F)c(N5CCN(c6ccc(C)cc6)CC5)c(F)c4)c3)c(F)cc2[nH]1)C(C)OC. The lowest BCUT2D eigenvalue weighted by Crippen LogP contribution is -2.54. The summed E-state index contributed by atoms with van der Waals surface area (Å²) in [6.07, 6.45) is -0.645. The molecule has 19 nitrogen and oxygen atoms in total. The van der Waals surface area contributed by atoms with Gasteiger partial charge in [0.05, 0.1) is 60.6 Å². The minimum Gasteiger partial charge on any atom is -0.453 e. The molecule has 83 heavy (non-hydrogen) atoms. The van der Waals surface area contributed by atoms with Crippen LogP contribution in [0.15, 0.2) is 78.9 Å². The Labute approximate surface area is 477 Å². The summed E-state index contributed by atoms with van der Waals surface area (Å²) in [5.41, 5.74) is 5.11. The van der Waals surface area contributed by atoms with Crippen LogP contribution in [-0.4, -0.2) is 146 Å². The molecule has 3 aliphatic heterocycles. The number of aromatic nitrogens is 4. The molecule has 4 amide bonds. The Hall–Kier alpha value is -8.44. The van der Waals surface area contributed by atoms with E-state index in [9.17, 15) is 19.2 Å². The third-order valence-electron chi connectivity index (χ3n) is 16.2. The van der Waals surface area contributed by atoms with Gasteiger partial charge in [-0.2, -0.15) is 0 Å². The number of methoxy groups -OCH3 is 4. The summed E-state index contributed by atoms with van der Waals surface area (Å²) < 4.78 is 86.2. The number of carbonyl (C=O) groups is 4. The lowest BCUT2D eigenvalue weighted by Gasteiger charge is -2.37. The molecule has 3 fully saturated rings. The van der Waals surface area contributed by atoms with Crippen LogP contribution >= 0.6 is 0 Å². The maximum absolute atomic E-state index is 16.8. The fourth-order valence-corrected chi connectivity index (χ4v) is 11.5. The summed E-state index contributed by atoms with van der Waals surface area (Å²) in [5, 5.41) is 8.31. The lowest BCUT2D eigenvalue weighted by atomic mass is 9.93. The molecule has 5 aromatic carbocycles. The average molecular weight is 1150 g/mol. The molecule has 2 unspecified atom stereocenters. The standard InChI is InChI=1S/C60H67F4N11O8/c1-32-12-15-38(16-13-32)72-20-22-73(23-21-72)54-44(63)25-37(26-45(54)64)65-31-36-24-35(40-27-46-48(29-42(40)61)68-55(66-46)50-10-8-18-74(50)57(76)52(33(2)80-4)70-59(78)82-6)14-17-39(36)41-28-47-49(30-43(41)62)69-56(67-47)51-11-9-19-75(51)58(77)53(34(3)81-5)71-60(79)83-7/h12-17,24-30,33-34,50-53,65H,8-11,18-23,31H2,1-7H3,(H,66,68)(H,67,69)(H,70,78)(H,71,79)/t33?,34?,50-,51-,52-,53-/m0/s1. The first-order valence-electron chi connectivity index (χ1n) is 27.6. The number of likely N-dealkylation sites (tertiary alicyclic amines) is 2. The van der Waals surface area contributed by atoms with Crippen LogP contribution in [0.2, 0.25) is 0 Å². The van der Waals surface area contributed by atoms with Crippen LogP contribution in [0.5, 0.6) is 0 Å². The van der Waals surface area contributed by atoms with Gasteiger partial charge in [0.2, 0.25) is 11.8 Å². The molecule has 3 saturated heterocycles.